The van der Waals surface area contributed by atoms with Crippen molar-refractivity contribution in [3.63, 3.8) is 0 Å². The zero-order chi connectivity index (χ0) is 15.9. The van der Waals surface area contributed by atoms with Gasteiger partial charge in [0.2, 0.25) is 0 Å². The van der Waals surface area contributed by atoms with Gasteiger partial charge >= 0.3 is 0 Å². The van der Waals surface area contributed by atoms with E-state index in [0.29, 0.717) is 22.8 Å². The number of benzene rings is 1. The molecule has 1 unspecified atom stereocenters. The van der Waals surface area contributed by atoms with E-state index < -0.39 is 5.82 Å². The zero-order valence-corrected chi connectivity index (χ0v) is 12.9. The SMILES string of the molecule is COC1=CCC(C)C=C1n1c(C)cc2cccc(F)c2c1=O. The van der Waals surface area contributed by atoms with E-state index in [1.807, 2.05) is 25.1 Å². The van der Waals surface area contributed by atoms with Gasteiger partial charge in [0.25, 0.3) is 5.56 Å². The van der Waals surface area contributed by atoms with E-state index in [-0.39, 0.29) is 10.9 Å². The minimum absolute atomic E-state index is 0.114. The summed E-state index contributed by atoms with van der Waals surface area (Å²) in [5.74, 6) is 0.458. The summed E-state index contributed by atoms with van der Waals surface area (Å²) in [5.41, 5.74) is 1.09. The van der Waals surface area contributed by atoms with Crippen molar-refractivity contribution in [3.8, 4) is 0 Å². The summed E-state index contributed by atoms with van der Waals surface area (Å²) < 4.78 is 21.0. The van der Waals surface area contributed by atoms with Crippen molar-refractivity contribution in [3.05, 3.63) is 64.0 Å². The first-order chi connectivity index (χ1) is 10.5. The Hall–Kier alpha value is -2.36. The third kappa shape index (κ3) is 2.25. The van der Waals surface area contributed by atoms with Gasteiger partial charge in [-0.3, -0.25) is 9.36 Å². The van der Waals surface area contributed by atoms with Gasteiger partial charge in [-0.25, -0.2) is 4.39 Å². The van der Waals surface area contributed by atoms with Crippen LogP contribution in [0.2, 0.25) is 0 Å². The summed E-state index contributed by atoms with van der Waals surface area (Å²) in [6.07, 6.45) is 4.83. The molecule has 0 fully saturated rings. The summed E-state index contributed by atoms with van der Waals surface area (Å²) >= 11 is 0. The Kier molecular flexibility index (Phi) is 3.61. The molecule has 1 heterocycles. The van der Waals surface area contributed by atoms with Gasteiger partial charge in [-0.15, -0.1) is 0 Å². The van der Waals surface area contributed by atoms with Gasteiger partial charge < -0.3 is 4.74 Å². The minimum Gasteiger partial charge on any atom is -0.495 e. The molecule has 0 saturated heterocycles. The van der Waals surface area contributed by atoms with Gasteiger partial charge in [-0.2, -0.15) is 0 Å². The third-order valence-electron chi connectivity index (χ3n) is 4.01. The molecule has 0 radical (unpaired) electrons. The average molecular weight is 299 g/mol. The van der Waals surface area contributed by atoms with Crippen molar-refractivity contribution in [2.75, 3.05) is 7.11 Å². The highest BCUT2D eigenvalue weighted by Crippen LogP contribution is 2.28. The van der Waals surface area contributed by atoms with Crippen molar-refractivity contribution < 1.29 is 9.13 Å². The molecule has 2 aromatic rings. The van der Waals surface area contributed by atoms with Crippen molar-refractivity contribution in [1.82, 2.24) is 4.57 Å². The fourth-order valence-electron chi connectivity index (χ4n) is 2.94. The molecule has 0 aliphatic heterocycles. The highest BCUT2D eigenvalue weighted by atomic mass is 19.1. The number of hydrogen-bond acceptors (Lipinski definition) is 2. The van der Waals surface area contributed by atoms with E-state index in [0.717, 1.165) is 12.1 Å². The van der Waals surface area contributed by atoms with E-state index in [1.165, 1.54) is 10.6 Å². The van der Waals surface area contributed by atoms with E-state index in [1.54, 1.807) is 19.2 Å². The topological polar surface area (TPSA) is 31.2 Å². The molecule has 3 nitrogen and oxygen atoms in total. The number of halogens is 1. The molecule has 0 saturated carbocycles. The van der Waals surface area contributed by atoms with E-state index >= 15 is 0 Å². The second kappa shape index (κ2) is 5.44. The average Bonchev–Trinajstić information content (AvgIpc) is 2.47. The quantitative estimate of drug-likeness (QED) is 0.843. The van der Waals surface area contributed by atoms with Crippen LogP contribution in [0.15, 0.2) is 47.0 Å². The first kappa shape index (κ1) is 14.6. The summed E-state index contributed by atoms with van der Waals surface area (Å²) in [7, 11) is 1.58. The highest BCUT2D eigenvalue weighted by Gasteiger charge is 2.20. The number of nitrogens with zero attached hydrogens (tertiary/aromatic N) is 1. The number of pyridine rings is 1. The number of aromatic nitrogens is 1. The van der Waals surface area contributed by atoms with Crippen molar-refractivity contribution in [2.45, 2.75) is 20.3 Å². The smallest absolute Gasteiger partial charge is 0.266 e. The first-order valence-electron chi connectivity index (χ1n) is 7.30. The monoisotopic (exact) mass is 299 g/mol. The lowest BCUT2D eigenvalue weighted by molar-refractivity contribution is 0.302. The van der Waals surface area contributed by atoms with Gasteiger partial charge in [0.1, 0.15) is 11.6 Å². The maximum Gasteiger partial charge on any atom is 0.266 e. The van der Waals surface area contributed by atoms with E-state index in [4.69, 9.17) is 4.74 Å². The van der Waals surface area contributed by atoms with Crippen LogP contribution in [0, 0.1) is 18.7 Å². The second-order valence-corrected chi connectivity index (χ2v) is 5.67. The fourth-order valence-corrected chi connectivity index (χ4v) is 2.94. The van der Waals surface area contributed by atoms with E-state index in [2.05, 4.69) is 6.92 Å². The number of fused-ring (bicyclic) bond motifs is 1. The summed E-state index contributed by atoms with van der Waals surface area (Å²) in [6, 6.07) is 6.51. The third-order valence-corrected chi connectivity index (χ3v) is 4.01. The number of hydrogen-bond donors (Lipinski definition) is 0. The fraction of sp³-hybridized carbons (Fsp3) is 0.278. The molecule has 1 atom stereocenters. The molecule has 22 heavy (non-hydrogen) atoms. The molecule has 1 aromatic heterocycles. The number of allylic oxidation sites excluding steroid dienone is 3. The van der Waals surface area contributed by atoms with Crippen LogP contribution in [0.3, 0.4) is 0 Å². The van der Waals surface area contributed by atoms with E-state index in [9.17, 15) is 9.18 Å². The number of rotatable bonds is 2. The van der Waals surface area contributed by atoms with Crippen LogP contribution < -0.4 is 5.56 Å². The van der Waals surface area contributed by atoms with Crippen molar-refractivity contribution in [1.29, 1.82) is 0 Å². The largest absolute Gasteiger partial charge is 0.495 e. The molecule has 0 bridgehead atoms. The number of aryl methyl sites for hydroxylation is 1. The zero-order valence-electron chi connectivity index (χ0n) is 12.9. The Labute approximate surface area is 128 Å². The molecule has 1 aliphatic rings. The molecule has 0 amide bonds. The normalized spacial score (nSPS) is 18.1. The molecule has 4 heteroatoms. The molecular weight excluding hydrogens is 281 g/mol. The summed E-state index contributed by atoms with van der Waals surface area (Å²) in [6.45, 7) is 3.92. The minimum atomic E-state index is -0.497. The molecule has 1 aromatic carbocycles. The standard InChI is InChI=1S/C18H18FNO2/c1-11-7-8-16(22-3)15(9-11)20-12(2)10-13-5-4-6-14(19)17(13)18(20)21/h4-6,8-11H,7H2,1-3H3. The second-order valence-electron chi connectivity index (χ2n) is 5.67. The van der Waals surface area contributed by atoms with Gasteiger partial charge in [0, 0.05) is 5.69 Å². The van der Waals surface area contributed by atoms with Crippen molar-refractivity contribution in [2.24, 2.45) is 5.92 Å². The van der Waals surface area contributed by atoms with Crippen LogP contribution in [0.4, 0.5) is 4.39 Å². The Bertz CT molecular complexity index is 861. The maximum atomic E-state index is 14.1. The molecule has 114 valence electrons. The van der Waals surface area contributed by atoms with Gasteiger partial charge in [0.05, 0.1) is 18.2 Å². The lowest BCUT2D eigenvalue weighted by atomic mass is 9.99. The predicted molar refractivity (Wildman–Crippen MR) is 86.0 cm³/mol. The van der Waals surface area contributed by atoms with Gasteiger partial charge in [0.15, 0.2) is 0 Å². The van der Waals surface area contributed by atoms with Crippen LogP contribution in [0.1, 0.15) is 19.0 Å². The molecule has 0 N–H and O–H groups in total. The van der Waals surface area contributed by atoms with Gasteiger partial charge in [-0.1, -0.05) is 25.1 Å². The molecule has 1 aliphatic carbocycles. The Morgan fingerprint density at radius 1 is 1.36 bits per heavy atom. The van der Waals surface area contributed by atoms with Crippen molar-refractivity contribution >= 4 is 16.5 Å². The lowest BCUT2D eigenvalue weighted by Crippen LogP contribution is -2.25. The van der Waals surface area contributed by atoms with Crippen LogP contribution in [0.25, 0.3) is 16.5 Å². The Morgan fingerprint density at radius 2 is 2.14 bits per heavy atom. The maximum absolute atomic E-state index is 14.1. The van der Waals surface area contributed by atoms with Crippen LogP contribution >= 0.6 is 0 Å². The number of methoxy groups -OCH3 is 1. The molecule has 3 rings (SSSR count). The Balaban J connectivity index is 2.34. The Morgan fingerprint density at radius 3 is 2.86 bits per heavy atom. The summed E-state index contributed by atoms with van der Waals surface area (Å²) in [4.78, 5) is 12.8. The van der Waals surface area contributed by atoms with Crippen LogP contribution in [-0.2, 0) is 4.74 Å². The predicted octanol–water partition coefficient (Wildman–Crippen LogP) is 3.86. The lowest BCUT2D eigenvalue weighted by Gasteiger charge is -2.22. The molecule has 0 spiro atoms. The summed E-state index contributed by atoms with van der Waals surface area (Å²) in [5, 5.41) is 0.730. The van der Waals surface area contributed by atoms with Crippen LogP contribution in [-0.4, -0.2) is 11.7 Å². The first-order valence-corrected chi connectivity index (χ1v) is 7.30. The highest BCUT2D eigenvalue weighted by molar-refractivity contribution is 5.84. The van der Waals surface area contributed by atoms with Gasteiger partial charge in [-0.05, 0) is 42.9 Å². The molecular formula is C18H18FNO2. The van der Waals surface area contributed by atoms with Crippen LogP contribution in [0.5, 0.6) is 0 Å². The number of ether oxygens (including phenoxy) is 1.